The molecule has 1 aromatic heterocycles. The molecule has 1 rings (SSSR count). The van der Waals surface area contributed by atoms with Gasteiger partial charge in [0.1, 0.15) is 0 Å². The van der Waals surface area contributed by atoms with Crippen molar-refractivity contribution in [1.29, 1.82) is 0 Å². The van der Waals surface area contributed by atoms with Gasteiger partial charge in [0.2, 0.25) is 0 Å². The summed E-state index contributed by atoms with van der Waals surface area (Å²) in [6, 6.07) is 1.64. The Morgan fingerprint density at radius 2 is 2.17 bits per heavy atom. The number of ether oxygens (including phenoxy) is 2. The van der Waals surface area contributed by atoms with E-state index in [1.807, 2.05) is 0 Å². The standard InChI is InChI=1S/C11H15NO5S/c1-16-9-3-5-12-8(11(9)17-2)7-18(15)6-4-10(13)14/h3,5H,4,6-7H2,1-2H3,(H,13,14). The van der Waals surface area contributed by atoms with E-state index in [2.05, 4.69) is 4.98 Å². The molecular weight excluding hydrogens is 258 g/mol. The van der Waals surface area contributed by atoms with Gasteiger partial charge in [-0.2, -0.15) is 0 Å². The van der Waals surface area contributed by atoms with Crippen molar-refractivity contribution in [2.75, 3.05) is 20.0 Å². The first-order valence-electron chi connectivity index (χ1n) is 5.21. The van der Waals surface area contributed by atoms with E-state index in [-0.39, 0.29) is 17.9 Å². The molecular formula is C11H15NO5S. The average molecular weight is 273 g/mol. The molecule has 0 bridgehead atoms. The van der Waals surface area contributed by atoms with Crippen LogP contribution in [0.3, 0.4) is 0 Å². The number of rotatable bonds is 7. The van der Waals surface area contributed by atoms with Crippen LogP contribution in [0.4, 0.5) is 0 Å². The Bertz CT molecular complexity index is 449. The summed E-state index contributed by atoms with van der Waals surface area (Å²) < 4.78 is 22.0. The van der Waals surface area contributed by atoms with Gasteiger partial charge in [-0.3, -0.25) is 14.0 Å². The fourth-order valence-corrected chi connectivity index (χ4v) is 2.44. The van der Waals surface area contributed by atoms with Crippen molar-refractivity contribution in [3.05, 3.63) is 18.0 Å². The third kappa shape index (κ3) is 3.99. The molecule has 0 aromatic carbocycles. The zero-order chi connectivity index (χ0) is 13.5. The van der Waals surface area contributed by atoms with E-state index >= 15 is 0 Å². The van der Waals surface area contributed by atoms with E-state index in [4.69, 9.17) is 14.6 Å². The third-order valence-corrected chi connectivity index (χ3v) is 3.46. The third-order valence-electron chi connectivity index (χ3n) is 2.21. The summed E-state index contributed by atoms with van der Waals surface area (Å²) in [5.41, 5.74) is 0.501. The minimum absolute atomic E-state index is 0.0946. The lowest BCUT2D eigenvalue weighted by Crippen LogP contribution is -2.08. The molecule has 1 N–H and O–H groups in total. The van der Waals surface area contributed by atoms with Gasteiger partial charge in [0.05, 0.1) is 32.1 Å². The second-order valence-electron chi connectivity index (χ2n) is 3.43. The van der Waals surface area contributed by atoms with Gasteiger partial charge in [-0.25, -0.2) is 0 Å². The summed E-state index contributed by atoms with van der Waals surface area (Å²) in [5.74, 6) is 0.223. The number of pyridine rings is 1. The number of aromatic nitrogens is 1. The Labute approximate surface area is 107 Å². The smallest absolute Gasteiger partial charge is 0.304 e. The SMILES string of the molecule is COc1ccnc(CS(=O)CCC(=O)O)c1OC. The normalized spacial score (nSPS) is 11.9. The zero-order valence-corrected chi connectivity index (χ0v) is 11.0. The first-order chi connectivity index (χ1) is 8.58. The van der Waals surface area contributed by atoms with Crippen molar-refractivity contribution in [2.45, 2.75) is 12.2 Å². The Morgan fingerprint density at radius 1 is 1.44 bits per heavy atom. The van der Waals surface area contributed by atoms with Gasteiger partial charge in [-0.05, 0) is 0 Å². The number of carboxylic acid groups (broad SMARTS) is 1. The molecule has 7 heteroatoms. The number of hydrogen-bond donors (Lipinski definition) is 1. The highest BCUT2D eigenvalue weighted by molar-refractivity contribution is 7.84. The minimum Gasteiger partial charge on any atom is -0.493 e. The van der Waals surface area contributed by atoms with Gasteiger partial charge in [0.25, 0.3) is 0 Å². The van der Waals surface area contributed by atoms with Crippen molar-refractivity contribution in [1.82, 2.24) is 4.98 Å². The number of hydrogen-bond acceptors (Lipinski definition) is 5. The Hall–Kier alpha value is -1.63. The van der Waals surface area contributed by atoms with Crippen LogP contribution in [0.25, 0.3) is 0 Å². The Morgan fingerprint density at radius 3 is 2.72 bits per heavy atom. The molecule has 0 saturated heterocycles. The van der Waals surface area contributed by atoms with Crippen LogP contribution in [0.5, 0.6) is 11.5 Å². The monoisotopic (exact) mass is 273 g/mol. The topological polar surface area (TPSA) is 85.7 Å². The van der Waals surface area contributed by atoms with Crippen molar-refractivity contribution in [3.8, 4) is 11.5 Å². The van der Waals surface area contributed by atoms with Gasteiger partial charge >= 0.3 is 5.97 Å². The summed E-state index contributed by atoms with van der Waals surface area (Å²) in [7, 11) is 1.69. The van der Waals surface area contributed by atoms with E-state index in [9.17, 15) is 9.00 Å². The molecule has 6 nitrogen and oxygen atoms in total. The summed E-state index contributed by atoms with van der Waals surface area (Å²) in [4.78, 5) is 14.5. The first-order valence-corrected chi connectivity index (χ1v) is 6.70. The molecule has 1 heterocycles. The molecule has 0 aliphatic carbocycles. The second-order valence-corrected chi connectivity index (χ2v) is 5.00. The maximum Gasteiger partial charge on any atom is 0.304 e. The van der Waals surface area contributed by atoms with E-state index in [1.54, 1.807) is 6.07 Å². The van der Waals surface area contributed by atoms with Crippen molar-refractivity contribution >= 4 is 16.8 Å². The molecule has 0 radical (unpaired) electrons. The highest BCUT2D eigenvalue weighted by atomic mass is 32.2. The molecule has 0 aliphatic rings. The van der Waals surface area contributed by atoms with E-state index in [0.29, 0.717) is 17.2 Å². The zero-order valence-electron chi connectivity index (χ0n) is 10.2. The quantitative estimate of drug-likeness (QED) is 0.791. The Balaban J connectivity index is 2.77. The van der Waals surface area contributed by atoms with Crippen molar-refractivity contribution in [3.63, 3.8) is 0 Å². The summed E-state index contributed by atoms with van der Waals surface area (Å²) in [6.07, 6.45) is 1.41. The molecule has 1 aromatic rings. The lowest BCUT2D eigenvalue weighted by Gasteiger charge is -2.11. The molecule has 0 fully saturated rings. The fourth-order valence-electron chi connectivity index (χ4n) is 1.38. The average Bonchev–Trinajstić information content (AvgIpc) is 2.36. The molecule has 0 amide bonds. The van der Waals surface area contributed by atoms with E-state index in [0.717, 1.165) is 0 Å². The van der Waals surface area contributed by atoms with Crippen LogP contribution in [-0.4, -0.2) is 40.2 Å². The lowest BCUT2D eigenvalue weighted by molar-refractivity contribution is -0.136. The van der Waals surface area contributed by atoms with Crippen LogP contribution in [0, 0.1) is 0 Å². The van der Waals surface area contributed by atoms with Gasteiger partial charge < -0.3 is 14.6 Å². The van der Waals surface area contributed by atoms with Gasteiger partial charge in [0.15, 0.2) is 11.5 Å². The second kappa shape index (κ2) is 6.95. The predicted molar refractivity (Wildman–Crippen MR) is 66.3 cm³/mol. The molecule has 18 heavy (non-hydrogen) atoms. The number of aliphatic carboxylic acids is 1. The molecule has 0 aliphatic heterocycles. The minimum atomic E-state index is -1.29. The predicted octanol–water partition coefficient (Wildman–Crippen LogP) is 0.822. The van der Waals surface area contributed by atoms with Crippen molar-refractivity contribution < 1.29 is 23.6 Å². The maximum atomic E-state index is 11.7. The number of methoxy groups -OCH3 is 2. The van der Waals surface area contributed by atoms with Gasteiger partial charge in [-0.1, -0.05) is 0 Å². The first kappa shape index (κ1) is 14.4. The maximum absolute atomic E-state index is 11.7. The highest BCUT2D eigenvalue weighted by Crippen LogP contribution is 2.29. The number of carboxylic acids is 1. The number of carbonyl (C=O) groups is 1. The van der Waals surface area contributed by atoms with Crippen LogP contribution < -0.4 is 9.47 Å². The fraction of sp³-hybridized carbons (Fsp3) is 0.455. The van der Waals surface area contributed by atoms with Crippen LogP contribution >= 0.6 is 0 Å². The van der Waals surface area contributed by atoms with Crippen LogP contribution in [0.1, 0.15) is 12.1 Å². The van der Waals surface area contributed by atoms with Crippen molar-refractivity contribution in [2.24, 2.45) is 0 Å². The molecule has 0 spiro atoms. The van der Waals surface area contributed by atoms with E-state index < -0.39 is 16.8 Å². The summed E-state index contributed by atoms with van der Waals surface area (Å²) in [5, 5.41) is 8.52. The molecule has 100 valence electrons. The molecule has 1 atom stereocenters. The van der Waals surface area contributed by atoms with Gasteiger partial charge in [0, 0.05) is 28.8 Å². The lowest BCUT2D eigenvalue weighted by atomic mass is 10.3. The molecule has 0 saturated carbocycles. The van der Waals surface area contributed by atoms with Crippen LogP contribution in [0.15, 0.2) is 12.3 Å². The largest absolute Gasteiger partial charge is 0.493 e. The highest BCUT2D eigenvalue weighted by Gasteiger charge is 2.14. The van der Waals surface area contributed by atoms with Crippen LogP contribution in [-0.2, 0) is 21.3 Å². The van der Waals surface area contributed by atoms with E-state index in [1.165, 1.54) is 20.4 Å². The van der Waals surface area contributed by atoms with Gasteiger partial charge in [-0.15, -0.1) is 0 Å². The Kier molecular flexibility index (Phi) is 5.57. The summed E-state index contributed by atoms with van der Waals surface area (Å²) >= 11 is 0. The number of nitrogens with zero attached hydrogens (tertiary/aromatic N) is 1. The van der Waals surface area contributed by atoms with Crippen LogP contribution in [0.2, 0.25) is 0 Å². The molecule has 1 unspecified atom stereocenters. The summed E-state index contributed by atoms with van der Waals surface area (Å²) in [6.45, 7) is 0.